The number of benzene rings is 1. The average molecular weight is 572 g/mol. The second kappa shape index (κ2) is 10.5. The van der Waals surface area contributed by atoms with E-state index in [0.29, 0.717) is 33.4 Å². The third-order valence-electron chi connectivity index (χ3n) is 5.99. The van der Waals surface area contributed by atoms with Crippen molar-refractivity contribution in [1.82, 2.24) is 14.8 Å². The van der Waals surface area contributed by atoms with Gasteiger partial charge in [0, 0.05) is 23.7 Å². The van der Waals surface area contributed by atoms with Gasteiger partial charge in [0.05, 0.1) is 16.9 Å². The highest BCUT2D eigenvalue weighted by atomic mass is 35.5. The standard InChI is InChI=1S/C26H20ClF2N5O4S/c1-12-15(10-31-34(12)2)14-9-17(23(28)29)32-26-20(14)21(22(39-26)24(30)35)33-25(36)19-8-7-13(38-19)11-37-18-6-4-3-5-16(18)27/h3-10,23H,11H2,1-2H3,(H2,30,35)(H,33,36). The van der Waals surface area contributed by atoms with Crippen LogP contribution in [-0.2, 0) is 13.7 Å². The zero-order valence-electron chi connectivity index (χ0n) is 20.5. The predicted molar refractivity (Wildman–Crippen MR) is 142 cm³/mol. The number of para-hydroxylation sites is 1. The normalized spacial score (nSPS) is 11.3. The van der Waals surface area contributed by atoms with Crippen molar-refractivity contribution >= 4 is 50.7 Å². The minimum atomic E-state index is -2.86. The monoisotopic (exact) mass is 571 g/mol. The van der Waals surface area contributed by atoms with Crippen molar-refractivity contribution < 1.29 is 27.5 Å². The number of hydrogen-bond donors (Lipinski definition) is 2. The molecule has 0 radical (unpaired) electrons. The molecule has 0 atom stereocenters. The van der Waals surface area contributed by atoms with E-state index in [9.17, 15) is 18.4 Å². The summed E-state index contributed by atoms with van der Waals surface area (Å²) in [4.78, 5) is 29.6. The number of nitrogens with zero attached hydrogens (tertiary/aromatic N) is 3. The molecule has 0 aliphatic carbocycles. The topological polar surface area (TPSA) is 125 Å². The van der Waals surface area contributed by atoms with Crippen LogP contribution in [-0.4, -0.2) is 26.6 Å². The number of halogens is 3. The highest BCUT2D eigenvalue weighted by Gasteiger charge is 2.27. The van der Waals surface area contributed by atoms with E-state index in [-0.39, 0.29) is 33.1 Å². The maximum atomic E-state index is 13.7. The van der Waals surface area contributed by atoms with Crippen molar-refractivity contribution in [1.29, 1.82) is 0 Å². The smallest absolute Gasteiger partial charge is 0.291 e. The molecule has 13 heteroatoms. The zero-order valence-corrected chi connectivity index (χ0v) is 22.1. The van der Waals surface area contributed by atoms with Crippen LogP contribution in [0.15, 0.2) is 53.1 Å². The number of pyridine rings is 1. The Morgan fingerprint density at radius 2 is 2.00 bits per heavy atom. The van der Waals surface area contributed by atoms with Crippen LogP contribution < -0.4 is 15.8 Å². The van der Waals surface area contributed by atoms with Crippen molar-refractivity contribution in [3.63, 3.8) is 0 Å². The molecule has 0 saturated carbocycles. The largest absolute Gasteiger partial charge is 0.484 e. The van der Waals surface area contributed by atoms with Crippen molar-refractivity contribution in [3.8, 4) is 16.9 Å². The van der Waals surface area contributed by atoms with E-state index in [2.05, 4.69) is 15.4 Å². The molecule has 0 bridgehead atoms. The molecular formula is C26H20ClF2N5O4S. The molecule has 0 saturated heterocycles. The Morgan fingerprint density at radius 3 is 2.67 bits per heavy atom. The van der Waals surface area contributed by atoms with Gasteiger partial charge in [0.1, 0.15) is 33.5 Å². The Balaban J connectivity index is 1.52. The van der Waals surface area contributed by atoms with Gasteiger partial charge >= 0.3 is 0 Å². The summed E-state index contributed by atoms with van der Waals surface area (Å²) in [7, 11) is 1.71. The number of thiophene rings is 1. The third-order valence-corrected chi connectivity index (χ3v) is 7.40. The van der Waals surface area contributed by atoms with Crippen molar-refractivity contribution in [2.24, 2.45) is 12.8 Å². The molecule has 0 spiro atoms. The number of nitrogens with one attached hydrogen (secondary N) is 1. The Labute approximate surface area is 229 Å². The van der Waals surface area contributed by atoms with Gasteiger partial charge < -0.3 is 20.2 Å². The number of alkyl halides is 2. The number of amides is 2. The van der Waals surface area contributed by atoms with Gasteiger partial charge in [-0.1, -0.05) is 23.7 Å². The van der Waals surface area contributed by atoms with Gasteiger partial charge in [-0.3, -0.25) is 14.3 Å². The van der Waals surface area contributed by atoms with Crippen LogP contribution in [0.25, 0.3) is 21.3 Å². The number of aromatic nitrogens is 3. The highest BCUT2D eigenvalue weighted by Crippen LogP contribution is 2.43. The minimum Gasteiger partial charge on any atom is -0.484 e. The molecule has 9 nitrogen and oxygen atoms in total. The fourth-order valence-corrected chi connectivity index (χ4v) is 5.17. The molecule has 0 unspecified atom stereocenters. The molecule has 4 aromatic heterocycles. The summed E-state index contributed by atoms with van der Waals surface area (Å²) in [5.74, 6) is -0.813. The fraction of sp³-hybridized carbons (Fsp3) is 0.154. The summed E-state index contributed by atoms with van der Waals surface area (Å²) in [5.41, 5.74) is 6.71. The van der Waals surface area contributed by atoms with Crippen LogP contribution in [0.5, 0.6) is 5.75 Å². The second-order valence-corrected chi connectivity index (χ2v) is 9.86. The minimum absolute atomic E-state index is 0.00961. The van der Waals surface area contributed by atoms with Crippen LogP contribution in [0.1, 0.15) is 43.8 Å². The van der Waals surface area contributed by atoms with Crippen LogP contribution in [0.4, 0.5) is 14.5 Å². The number of nitrogens with two attached hydrogens (primary N) is 1. The highest BCUT2D eigenvalue weighted by molar-refractivity contribution is 7.21. The summed E-state index contributed by atoms with van der Waals surface area (Å²) in [6, 6.07) is 11.1. The first-order valence-electron chi connectivity index (χ1n) is 11.5. The summed E-state index contributed by atoms with van der Waals surface area (Å²) in [6.45, 7) is 1.78. The van der Waals surface area contributed by atoms with E-state index in [1.54, 1.807) is 49.0 Å². The van der Waals surface area contributed by atoms with E-state index in [1.165, 1.54) is 18.3 Å². The van der Waals surface area contributed by atoms with Crippen LogP contribution in [0.2, 0.25) is 5.02 Å². The van der Waals surface area contributed by atoms with Crippen molar-refractivity contribution in [2.75, 3.05) is 5.32 Å². The van der Waals surface area contributed by atoms with Gasteiger partial charge in [0.15, 0.2) is 5.76 Å². The molecule has 1 aromatic carbocycles. The summed E-state index contributed by atoms with van der Waals surface area (Å²) >= 11 is 6.91. The fourth-order valence-electron chi connectivity index (χ4n) is 3.96. The molecule has 0 fully saturated rings. The average Bonchev–Trinajstić information content (AvgIpc) is 3.61. The van der Waals surface area contributed by atoms with E-state index in [1.807, 2.05) is 0 Å². The van der Waals surface area contributed by atoms with Gasteiger partial charge in [0.25, 0.3) is 18.2 Å². The number of furan rings is 1. The summed E-state index contributed by atoms with van der Waals surface area (Å²) in [5, 5.41) is 7.59. The first-order chi connectivity index (χ1) is 18.6. The van der Waals surface area contributed by atoms with Gasteiger partial charge in [-0.15, -0.1) is 11.3 Å². The molecule has 39 heavy (non-hydrogen) atoms. The molecule has 3 N–H and O–H groups in total. The van der Waals surface area contributed by atoms with Crippen LogP contribution in [0, 0.1) is 6.92 Å². The Morgan fingerprint density at radius 1 is 1.23 bits per heavy atom. The quantitative estimate of drug-likeness (QED) is 0.231. The Kier molecular flexibility index (Phi) is 7.06. The maximum Gasteiger partial charge on any atom is 0.291 e. The third kappa shape index (κ3) is 5.08. The second-order valence-electron chi connectivity index (χ2n) is 8.45. The number of carbonyl (C=O) groups is 2. The molecule has 2 amide bonds. The lowest BCUT2D eigenvalue weighted by molar-refractivity contribution is 0.0992. The Bertz CT molecular complexity index is 1730. The van der Waals surface area contributed by atoms with E-state index >= 15 is 0 Å². The number of rotatable bonds is 8. The number of ether oxygens (including phenoxy) is 1. The van der Waals surface area contributed by atoms with Gasteiger partial charge in [-0.25, -0.2) is 13.8 Å². The van der Waals surface area contributed by atoms with Gasteiger partial charge in [-0.05, 0) is 42.8 Å². The number of primary amides is 1. The molecule has 200 valence electrons. The molecule has 0 aliphatic rings. The first-order valence-corrected chi connectivity index (χ1v) is 12.6. The molecule has 0 aliphatic heterocycles. The van der Waals surface area contributed by atoms with Crippen molar-refractivity contribution in [3.05, 3.63) is 81.5 Å². The SMILES string of the molecule is Cc1c(-c2cc(C(F)F)nc3sc(C(N)=O)c(NC(=O)c4ccc(COc5ccccc5Cl)o4)c23)cnn1C. The number of carbonyl (C=O) groups excluding carboxylic acids is 2. The van der Waals surface area contributed by atoms with Crippen LogP contribution >= 0.6 is 22.9 Å². The van der Waals surface area contributed by atoms with E-state index in [0.717, 1.165) is 11.3 Å². The molecule has 4 heterocycles. The summed E-state index contributed by atoms with van der Waals surface area (Å²) in [6.07, 6.45) is -1.35. The zero-order chi connectivity index (χ0) is 27.8. The van der Waals surface area contributed by atoms with E-state index in [4.69, 9.17) is 26.5 Å². The van der Waals surface area contributed by atoms with Gasteiger partial charge in [0.2, 0.25) is 0 Å². The van der Waals surface area contributed by atoms with Gasteiger partial charge in [-0.2, -0.15) is 5.10 Å². The van der Waals surface area contributed by atoms with Crippen LogP contribution in [0.3, 0.4) is 0 Å². The maximum absolute atomic E-state index is 13.7. The molecule has 5 aromatic rings. The Hall–Kier alpha value is -4.29. The number of hydrogen-bond acceptors (Lipinski definition) is 7. The summed E-state index contributed by atoms with van der Waals surface area (Å²) < 4.78 is 40.3. The number of aryl methyl sites for hydroxylation is 1. The number of anilines is 1. The lowest BCUT2D eigenvalue weighted by Gasteiger charge is -2.10. The molecule has 5 rings (SSSR count). The molecular weight excluding hydrogens is 552 g/mol. The first kappa shape index (κ1) is 26.3. The van der Waals surface area contributed by atoms with E-state index < -0.39 is 23.9 Å². The lowest BCUT2D eigenvalue weighted by Crippen LogP contribution is -2.16. The number of fused-ring (bicyclic) bond motifs is 1. The predicted octanol–water partition coefficient (Wildman–Crippen LogP) is 6.12. The van der Waals surface area contributed by atoms with Crippen molar-refractivity contribution in [2.45, 2.75) is 20.0 Å². The lowest BCUT2D eigenvalue weighted by atomic mass is 10.0.